The van der Waals surface area contributed by atoms with Gasteiger partial charge in [0, 0.05) is 11.1 Å². The third-order valence-corrected chi connectivity index (χ3v) is 2.12. The van der Waals surface area contributed by atoms with Gasteiger partial charge in [0.1, 0.15) is 5.75 Å². The Kier molecular flexibility index (Phi) is 4.76. The van der Waals surface area contributed by atoms with Crippen molar-refractivity contribution >= 4 is 11.9 Å². The number of carbonyl (C=O) groups is 2. The molecule has 94 valence electrons. The molecular weight excluding hydrogens is 234 g/mol. The third kappa shape index (κ3) is 4.18. The van der Waals surface area contributed by atoms with E-state index in [-0.39, 0.29) is 12.8 Å². The number of ether oxygens (including phenoxy) is 1. The molecule has 0 radical (unpaired) electrons. The minimum Gasteiger partial charge on any atom is -0.496 e. The van der Waals surface area contributed by atoms with Crippen LogP contribution in [0.25, 0.3) is 0 Å². The van der Waals surface area contributed by atoms with Crippen LogP contribution >= 0.6 is 0 Å². The van der Waals surface area contributed by atoms with Crippen molar-refractivity contribution in [3.05, 3.63) is 29.3 Å². The van der Waals surface area contributed by atoms with Gasteiger partial charge in [-0.05, 0) is 18.2 Å². The second-order valence-corrected chi connectivity index (χ2v) is 3.54. The summed E-state index contributed by atoms with van der Waals surface area (Å²) in [7, 11) is 1.47. The average molecular weight is 247 g/mol. The molecule has 1 amide bonds. The zero-order chi connectivity index (χ0) is 13.5. The molecule has 5 nitrogen and oxygen atoms in total. The zero-order valence-corrected chi connectivity index (χ0v) is 9.90. The van der Waals surface area contributed by atoms with Crippen LogP contribution in [0.3, 0.4) is 0 Å². The highest BCUT2D eigenvalue weighted by atomic mass is 16.5. The van der Waals surface area contributed by atoms with E-state index < -0.39 is 11.9 Å². The van der Waals surface area contributed by atoms with E-state index in [1.165, 1.54) is 7.11 Å². The van der Waals surface area contributed by atoms with E-state index in [2.05, 4.69) is 11.8 Å². The minimum absolute atomic E-state index is 0.0275. The van der Waals surface area contributed by atoms with Gasteiger partial charge in [-0.1, -0.05) is 11.8 Å². The van der Waals surface area contributed by atoms with Crippen LogP contribution in [0, 0.1) is 11.8 Å². The summed E-state index contributed by atoms with van der Waals surface area (Å²) in [5, 5.41) is 8.77. The molecule has 0 aliphatic carbocycles. The topological polar surface area (TPSA) is 89.6 Å². The average Bonchev–Trinajstić information content (AvgIpc) is 2.28. The standard InChI is InChI=1S/C13H13NO4/c1-18-11-6-5-9(3-2-4-12(14)15)7-10(11)8-13(16)17/h5-7H,4,8H2,1H3,(H2,14,15)(H,16,17). The first kappa shape index (κ1) is 13.6. The molecule has 1 rings (SSSR count). The molecule has 0 bridgehead atoms. The van der Waals surface area contributed by atoms with Crippen LogP contribution in [-0.2, 0) is 16.0 Å². The van der Waals surface area contributed by atoms with Crippen LogP contribution in [0.1, 0.15) is 17.5 Å². The molecule has 0 spiro atoms. The highest BCUT2D eigenvalue weighted by Gasteiger charge is 2.07. The highest BCUT2D eigenvalue weighted by Crippen LogP contribution is 2.20. The Labute approximate surface area is 105 Å². The number of carboxylic acid groups (broad SMARTS) is 1. The van der Waals surface area contributed by atoms with Gasteiger partial charge in [0.25, 0.3) is 0 Å². The molecular formula is C13H13NO4. The molecule has 5 heteroatoms. The largest absolute Gasteiger partial charge is 0.496 e. The Morgan fingerprint density at radius 2 is 2.17 bits per heavy atom. The lowest BCUT2D eigenvalue weighted by Crippen LogP contribution is -2.08. The van der Waals surface area contributed by atoms with Gasteiger partial charge in [-0.25, -0.2) is 0 Å². The van der Waals surface area contributed by atoms with Gasteiger partial charge in [-0.2, -0.15) is 0 Å². The second kappa shape index (κ2) is 6.30. The molecule has 0 heterocycles. The maximum atomic E-state index is 10.7. The first-order chi connectivity index (χ1) is 8.52. The molecule has 0 saturated heterocycles. The van der Waals surface area contributed by atoms with Gasteiger partial charge in [-0.3, -0.25) is 9.59 Å². The number of carboxylic acids is 1. The molecule has 0 aromatic heterocycles. The SMILES string of the molecule is COc1ccc(C#CCC(N)=O)cc1CC(=O)O. The lowest BCUT2D eigenvalue weighted by atomic mass is 10.1. The summed E-state index contributed by atoms with van der Waals surface area (Å²) in [6.45, 7) is 0. The van der Waals surface area contributed by atoms with E-state index >= 15 is 0 Å². The normalized spacial score (nSPS) is 9.17. The molecule has 0 saturated carbocycles. The van der Waals surface area contributed by atoms with Crippen molar-refractivity contribution in [3.8, 4) is 17.6 Å². The predicted molar refractivity (Wildman–Crippen MR) is 65.0 cm³/mol. The summed E-state index contributed by atoms with van der Waals surface area (Å²) in [4.78, 5) is 21.2. The van der Waals surface area contributed by atoms with Gasteiger partial charge in [0.15, 0.2) is 0 Å². The maximum absolute atomic E-state index is 10.7. The Balaban J connectivity index is 2.97. The van der Waals surface area contributed by atoms with E-state index in [1.54, 1.807) is 18.2 Å². The van der Waals surface area contributed by atoms with Gasteiger partial charge < -0.3 is 15.6 Å². The van der Waals surface area contributed by atoms with Gasteiger partial charge in [-0.15, -0.1) is 0 Å². The number of carbonyl (C=O) groups excluding carboxylic acids is 1. The molecule has 18 heavy (non-hydrogen) atoms. The lowest BCUT2D eigenvalue weighted by Gasteiger charge is -2.06. The highest BCUT2D eigenvalue weighted by molar-refractivity contribution is 5.76. The molecule has 0 fully saturated rings. The number of aliphatic carboxylic acids is 1. The molecule has 1 aromatic carbocycles. The van der Waals surface area contributed by atoms with Crippen molar-refractivity contribution in [2.24, 2.45) is 5.73 Å². The summed E-state index contributed by atoms with van der Waals surface area (Å²) in [6.07, 6.45) is -0.172. The van der Waals surface area contributed by atoms with Crippen molar-refractivity contribution in [1.82, 2.24) is 0 Å². The first-order valence-electron chi connectivity index (χ1n) is 5.19. The monoisotopic (exact) mass is 247 g/mol. The zero-order valence-electron chi connectivity index (χ0n) is 9.90. The molecule has 1 aromatic rings. The third-order valence-electron chi connectivity index (χ3n) is 2.12. The summed E-state index contributed by atoms with van der Waals surface area (Å²) < 4.78 is 5.06. The maximum Gasteiger partial charge on any atom is 0.307 e. The predicted octanol–water partition coefficient (Wildman–Crippen LogP) is 0.549. The molecule has 3 N–H and O–H groups in total. The number of amides is 1. The number of methoxy groups -OCH3 is 1. The quantitative estimate of drug-likeness (QED) is 0.760. The smallest absolute Gasteiger partial charge is 0.307 e. The summed E-state index contributed by atoms with van der Waals surface area (Å²) in [6, 6.07) is 4.96. The Bertz CT molecular complexity index is 526. The van der Waals surface area contributed by atoms with Crippen molar-refractivity contribution in [2.75, 3.05) is 7.11 Å². The van der Waals surface area contributed by atoms with E-state index in [0.717, 1.165) is 0 Å². The minimum atomic E-state index is -0.949. The molecule has 0 unspecified atom stereocenters. The van der Waals surface area contributed by atoms with Crippen LogP contribution in [0.4, 0.5) is 0 Å². The van der Waals surface area contributed by atoms with Crippen LogP contribution < -0.4 is 10.5 Å². The first-order valence-corrected chi connectivity index (χ1v) is 5.19. The van der Waals surface area contributed by atoms with Gasteiger partial charge >= 0.3 is 5.97 Å². The van der Waals surface area contributed by atoms with Gasteiger partial charge in [0.05, 0.1) is 20.0 Å². The summed E-state index contributed by atoms with van der Waals surface area (Å²) >= 11 is 0. The fourth-order valence-electron chi connectivity index (χ4n) is 1.39. The van der Waals surface area contributed by atoms with E-state index in [4.69, 9.17) is 15.6 Å². The van der Waals surface area contributed by atoms with E-state index in [1.807, 2.05) is 0 Å². The number of benzene rings is 1. The van der Waals surface area contributed by atoms with E-state index in [9.17, 15) is 9.59 Å². The van der Waals surface area contributed by atoms with Crippen LogP contribution in [0.5, 0.6) is 5.75 Å². The number of hydrogen-bond donors (Lipinski definition) is 2. The van der Waals surface area contributed by atoms with Crippen molar-refractivity contribution < 1.29 is 19.4 Å². The number of primary amides is 1. The molecule has 0 aliphatic heterocycles. The van der Waals surface area contributed by atoms with Crippen LogP contribution in [-0.4, -0.2) is 24.1 Å². The lowest BCUT2D eigenvalue weighted by molar-refractivity contribution is -0.136. The van der Waals surface area contributed by atoms with Crippen molar-refractivity contribution in [3.63, 3.8) is 0 Å². The Morgan fingerprint density at radius 3 is 2.72 bits per heavy atom. The fraction of sp³-hybridized carbons (Fsp3) is 0.231. The van der Waals surface area contributed by atoms with E-state index in [0.29, 0.717) is 16.9 Å². The van der Waals surface area contributed by atoms with Crippen molar-refractivity contribution in [2.45, 2.75) is 12.8 Å². The van der Waals surface area contributed by atoms with Gasteiger partial charge in [0.2, 0.25) is 5.91 Å². The Hall–Kier alpha value is -2.48. The van der Waals surface area contributed by atoms with Crippen molar-refractivity contribution in [1.29, 1.82) is 0 Å². The second-order valence-electron chi connectivity index (χ2n) is 3.54. The number of nitrogens with two attached hydrogens (primary N) is 1. The fourth-order valence-corrected chi connectivity index (χ4v) is 1.39. The molecule has 0 aliphatic rings. The number of hydrogen-bond acceptors (Lipinski definition) is 3. The number of rotatable bonds is 4. The molecule has 0 atom stereocenters. The summed E-state index contributed by atoms with van der Waals surface area (Å²) in [5.74, 6) is 4.40. The van der Waals surface area contributed by atoms with Crippen LogP contribution in [0.15, 0.2) is 18.2 Å². The van der Waals surface area contributed by atoms with Crippen LogP contribution in [0.2, 0.25) is 0 Å². The Morgan fingerprint density at radius 1 is 1.44 bits per heavy atom. The summed E-state index contributed by atoms with van der Waals surface area (Å²) in [5.41, 5.74) is 6.12.